The monoisotopic (exact) mass is 618 g/mol. The molecule has 3 heterocycles. The molecule has 0 aliphatic carbocycles. The van der Waals surface area contributed by atoms with Gasteiger partial charge in [-0.25, -0.2) is 14.2 Å². The Morgan fingerprint density at radius 2 is 1.73 bits per heavy atom. The summed E-state index contributed by atoms with van der Waals surface area (Å²) in [5.74, 6) is -0.736. The Kier molecular flexibility index (Phi) is 7.64. The smallest absolute Gasteiger partial charge is 0.416 e. The lowest BCUT2D eigenvalue weighted by molar-refractivity contribution is -0.139. The lowest BCUT2D eigenvalue weighted by Crippen LogP contribution is -2.40. The van der Waals surface area contributed by atoms with Crippen molar-refractivity contribution >= 4 is 29.1 Å². The summed E-state index contributed by atoms with van der Waals surface area (Å²) >= 11 is 1.05. The molecule has 0 saturated heterocycles. The minimum Gasteiger partial charge on any atom is -0.463 e. The average molecular weight is 619 g/mol. The Balaban J connectivity index is 1.52. The predicted molar refractivity (Wildman–Crippen MR) is 157 cm³/mol. The molecule has 5 aromatic rings. The highest BCUT2D eigenvalue weighted by molar-refractivity contribution is 7.07. The molecule has 6 nitrogen and oxygen atoms in total. The number of furan rings is 1. The first-order valence-electron chi connectivity index (χ1n) is 13.5. The standard InChI is InChI=1S/C33H22F4N2O4S/c1-2-42-31(41)27-28(19-7-4-3-5-8-19)38-32-39(29(27)20-11-13-23(34)14-12-20)30(40)26(44-32)18-24-15-16-25(43-24)21-9-6-10-22(17-21)33(35,36)37/h3-18,29H,2H2,1H3/t29-/m0/s1. The molecule has 6 rings (SSSR count). The van der Waals surface area contributed by atoms with Crippen LogP contribution in [0.2, 0.25) is 0 Å². The van der Waals surface area contributed by atoms with E-state index >= 15 is 0 Å². The van der Waals surface area contributed by atoms with Gasteiger partial charge in [0.05, 0.1) is 34.0 Å². The van der Waals surface area contributed by atoms with Gasteiger partial charge in [0.15, 0.2) is 4.80 Å². The fraction of sp³-hybridized carbons (Fsp3) is 0.121. The minimum atomic E-state index is -4.51. The van der Waals surface area contributed by atoms with Crippen molar-refractivity contribution in [2.75, 3.05) is 6.61 Å². The average Bonchev–Trinajstić information content (AvgIpc) is 3.61. The van der Waals surface area contributed by atoms with E-state index in [1.165, 1.54) is 53.1 Å². The number of rotatable bonds is 6. The van der Waals surface area contributed by atoms with Crippen molar-refractivity contribution in [3.8, 4) is 11.3 Å². The highest BCUT2D eigenvalue weighted by Gasteiger charge is 2.35. The predicted octanol–water partition coefficient (Wildman–Crippen LogP) is 6.35. The van der Waals surface area contributed by atoms with E-state index in [-0.39, 0.29) is 38.6 Å². The van der Waals surface area contributed by atoms with E-state index in [0.717, 1.165) is 23.5 Å². The first-order valence-corrected chi connectivity index (χ1v) is 14.3. The third-order valence-electron chi connectivity index (χ3n) is 6.93. The summed E-state index contributed by atoms with van der Waals surface area (Å²) in [4.78, 5) is 32.4. The van der Waals surface area contributed by atoms with Crippen LogP contribution in [-0.4, -0.2) is 17.1 Å². The van der Waals surface area contributed by atoms with E-state index in [9.17, 15) is 27.2 Å². The van der Waals surface area contributed by atoms with Crippen LogP contribution in [0.25, 0.3) is 23.1 Å². The molecule has 0 unspecified atom stereocenters. The van der Waals surface area contributed by atoms with Crippen LogP contribution in [0, 0.1) is 5.82 Å². The molecule has 0 spiro atoms. The molecule has 44 heavy (non-hydrogen) atoms. The number of nitrogens with zero attached hydrogens (tertiary/aromatic N) is 2. The zero-order valence-corrected chi connectivity index (χ0v) is 23.8. The Hall–Kier alpha value is -5.03. The summed E-state index contributed by atoms with van der Waals surface area (Å²) in [6.07, 6.45) is -3.04. The first-order chi connectivity index (χ1) is 21.1. The maximum Gasteiger partial charge on any atom is 0.416 e. The number of benzene rings is 3. The van der Waals surface area contributed by atoms with E-state index < -0.39 is 35.1 Å². The molecule has 0 saturated carbocycles. The summed E-state index contributed by atoms with van der Waals surface area (Å²) in [5, 5.41) is 0. The van der Waals surface area contributed by atoms with Crippen LogP contribution in [0.1, 0.15) is 35.4 Å². The van der Waals surface area contributed by atoms with Gasteiger partial charge >= 0.3 is 12.1 Å². The molecule has 1 atom stereocenters. The van der Waals surface area contributed by atoms with E-state index in [1.807, 2.05) is 6.07 Å². The second-order valence-corrected chi connectivity index (χ2v) is 10.8. The summed E-state index contributed by atoms with van der Waals surface area (Å²) in [7, 11) is 0. The molecular weight excluding hydrogens is 596 g/mol. The van der Waals surface area contributed by atoms with Crippen molar-refractivity contribution < 1.29 is 31.5 Å². The normalized spacial score (nSPS) is 15.2. The summed E-state index contributed by atoms with van der Waals surface area (Å²) in [5.41, 5.74) is 0.448. The molecular formula is C33H22F4N2O4S. The lowest BCUT2D eigenvalue weighted by atomic mass is 9.93. The van der Waals surface area contributed by atoms with Crippen molar-refractivity contribution in [2.45, 2.75) is 19.1 Å². The van der Waals surface area contributed by atoms with E-state index in [0.29, 0.717) is 16.8 Å². The Labute approximate surface area is 251 Å². The third kappa shape index (κ3) is 5.53. The highest BCUT2D eigenvalue weighted by Crippen LogP contribution is 2.36. The highest BCUT2D eigenvalue weighted by atomic mass is 32.1. The van der Waals surface area contributed by atoms with Gasteiger partial charge in [0, 0.05) is 17.2 Å². The number of hydrogen-bond acceptors (Lipinski definition) is 6. The maximum atomic E-state index is 13.9. The Morgan fingerprint density at radius 1 is 1.00 bits per heavy atom. The maximum absolute atomic E-state index is 13.9. The topological polar surface area (TPSA) is 73.8 Å². The van der Waals surface area contributed by atoms with Gasteiger partial charge in [-0.1, -0.05) is 65.9 Å². The minimum absolute atomic E-state index is 0.0810. The van der Waals surface area contributed by atoms with Crippen LogP contribution in [0.15, 0.2) is 111 Å². The molecule has 222 valence electrons. The third-order valence-corrected chi connectivity index (χ3v) is 7.92. The quantitative estimate of drug-likeness (QED) is 0.164. The van der Waals surface area contributed by atoms with Gasteiger partial charge in [0.1, 0.15) is 17.3 Å². The van der Waals surface area contributed by atoms with Crippen LogP contribution in [0.5, 0.6) is 0 Å². The first kappa shape index (κ1) is 29.1. The second kappa shape index (κ2) is 11.6. The number of aromatic nitrogens is 1. The van der Waals surface area contributed by atoms with Gasteiger partial charge in [0.2, 0.25) is 0 Å². The van der Waals surface area contributed by atoms with Gasteiger partial charge in [-0.2, -0.15) is 13.2 Å². The molecule has 0 fully saturated rings. The van der Waals surface area contributed by atoms with Gasteiger partial charge in [0.25, 0.3) is 5.56 Å². The molecule has 1 aliphatic rings. The van der Waals surface area contributed by atoms with Crippen LogP contribution < -0.4 is 14.9 Å². The van der Waals surface area contributed by atoms with Crippen molar-refractivity contribution in [1.82, 2.24) is 4.57 Å². The van der Waals surface area contributed by atoms with Crippen molar-refractivity contribution in [3.63, 3.8) is 0 Å². The molecule has 1 aliphatic heterocycles. The number of hydrogen-bond donors (Lipinski definition) is 0. The molecule has 0 radical (unpaired) electrons. The van der Waals surface area contributed by atoms with Crippen LogP contribution >= 0.6 is 11.3 Å². The molecule has 2 aromatic heterocycles. The van der Waals surface area contributed by atoms with Crippen LogP contribution in [0.3, 0.4) is 0 Å². The van der Waals surface area contributed by atoms with Gasteiger partial charge in [-0.05, 0) is 48.9 Å². The van der Waals surface area contributed by atoms with Gasteiger partial charge < -0.3 is 9.15 Å². The summed E-state index contributed by atoms with van der Waals surface area (Å²) in [6, 6.07) is 21.3. The zero-order chi connectivity index (χ0) is 31.0. The summed E-state index contributed by atoms with van der Waals surface area (Å²) < 4.78 is 66.4. The van der Waals surface area contributed by atoms with Crippen molar-refractivity contribution in [3.05, 3.63) is 145 Å². The fourth-order valence-corrected chi connectivity index (χ4v) is 5.95. The number of ether oxygens (including phenoxy) is 1. The number of fused-ring (bicyclic) bond motifs is 1. The fourth-order valence-electron chi connectivity index (χ4n) is 4.96. The Morgan fingerprint density at radius 3 is 2.43 bits per heavy atom. The van der Waals surface area contributed by atoms with E-state index in [2.05, 4.69) is 0 Å². The number of thiazole rings is 1. The molecule has 0 amide bonds. The number of carbonyl (C=O) groups excluding carboxylic acids is 1. The SMILES string of the molecule is CCOC(=O)C1=C(c2ccccc2)N=c2sc(=Cc3ccc(-c4cccc(C(F)(F)F)c4)o3)c(=O)n2[C@H]1c1ccc(F)cc1. The molecule has 0 N–H and O–H groups in total. The largest absolute Gasteiger partial charge is 0.463 e. The van der Waals surface area contributed by atoms with Crippen molar-refractivity contribution in [2.24, 2.45) is 4.99 Å². The zero-order valence-electron chi connectivity index (χ0n) is 23.0. The number of esters is 1. The second-order valence-electron chi connectivity index (χ2n) is 9.76. The Bertz CT molecular complexity index is 2070. The number of carbonyl (C=O) groups is 1. The van der Waals surface area contributed by atoms with Crippen LogP contribution in [-0.2, 0) is 15.7 Å². The molecule has 3 aromatic carbocycles. The van der Waals surface area contributed by atoms with Gasteiger partial charge in [-0.3, -0.25) is 9.36 Å². The number of halogens is 4. The van der Waals surface area contributed by atoms with E-state index in [1.54, 1.807) is 37.3 Å². The molecule has 0 bridgehead atoms. The van der Waals surface area contributed by atoms with Gasteiger partial charge in [-0.15, -0.1) is 0 Å². The molecule has 11 heteroatoms. The van der Waals surface area contributed by atoms with Crippen LogP contribution in [0.4, 0.5) is 17.6 Å². The number of alkyl halides is 3. The van der Waals surface area contributed by atoms with E-state index in [4.69, 9.17) is 14.1 Å². The lowest BCUT2D eigenvalue weighted by Gasteiger charge is -2.25. The summed E-state index contributed by atoms with van der Waals surface area (Å²) in [6.45, 7) is 1.75. The van der Waals surface area contributed by atoms with Crippen molar-refractivity contribution in [1.29, 1.82) is 0 Å².